The predicted octanol–water partition coefficient (Wildman–Crippen LogP) is 3.27. The van der Waals surface area contributed by atoms with Gasteiger partial charge in [0.05, 0.1) is 11.9 Å². The van der Waals surface area contributed by atoms with Crippen LogP contribution in [0.5, 0.6) is 0 Å². The molecule has 1 heterocycles. The Bertz CT molecular complexity index is 619. The molecular weight excluding hydrogens is 347 g/mol. The summed E-state index contributed by atoms with van der Waals surface area (Å²) in [5, 5.41) is 20.5. The van der Waals surface area contributed by atoms with E-state index >= 15 is 0 Å². The van der Waals surface area contributed by atoms with E-state index in [0.29, 0.717) is 11.8 Å². The maximum Gasteiger partial charge on any atom is 0.193 e. The van der Waals surface area contributed by atoms with Crippen molar-refractivity contribution < 1.29 is 13.9 Å². The lowest BCUT2D eigenvalue weighted by molar-refractivity contribution is 0.0243. The highest BCUT2D eigenvalue weighted by molar-refractivity contribution is 6.67. The Morgan fingerprint density at radius 1 is 1.24 bits per heavy atom. The molecule has 21 heavy (non-hydrogen) atoms. The molecule has 1 aromatic heterocycles. The third kappa shape index (κ3) is 4.26. The van der Waals surface area contributed by atoms with Crippen LogP contribution in [0.15, 0.2) is 24.4 Å². The van der Waals surface area contributed by atoms with Gasteiger partial charge in [0.2, 0.25) is 0 Å². The van der Waals surface area contributed by atoms with Crippen LogP contribution in [0.3, 0.4) is 0 Å². The molecule has 4 nitrogen and oxygen atoms in total. The molecule has 0 bridgehead atoms. The monoisotopic (exact) mass is 355 g/mol. The van der Waals surface area contributed by atoms with Crippen molar-refractivity contribution in [3.8, 4) is 0 Å². The lowest BCUT2D eigenvalue weighted by Crippen LogP contribution is -2.34. The summed E-state index contributed by atoms with van der Waals surface area (Å²) in [6.07, 6.45) is 0.796. The maximum absolute atomic E-state index is 14.0. The number of benzene rings is 1. The molecule has 1 atom stereocenters. The first-order valence-electron chi connectivity index (χ1n) is 5.79. The standard InChI is InChI=1S/C12H10Cl3F2N3O/c13-12(14,15)6-11(21,4-8-5-18-20-19-8)9-2-1-7(16)3-10(9)17/h1-3,5,21H,4,6H2,(H,18,19,20). The zero-order chi connectivity index (χ0) is 15.7. The summed E-state index contributed by atoms with van der Waals surface area (Å²) in [6.45, 7) is 0. The van der Waals surface area contributed by atoms with Crippen molar-refractivity contribution in [2.24, 2.45) is 0 Å². The van der Waals surface area contributed by atoms with Gasteiger partial charge in [0.15, 0.2) is 3.79 Å². The number of alkyl halides is 3. The number of nitrogens with one attached hydrogen (secondary N) is 1. The molecule has 2 N–H and O–H groups in total. The molecule has 0 fully saturated rings. The number of aromatic amines is 1. The van der Waals surface area contributed by atoms with E-state index in [9.17, 15) is 13.9 Å². The van der Waals surface area contributed by atoms with Gasteiger partial charge in [-0.25, -0.2) is 8.78 Å². The van der Waals surface area contributed by atoms with E-state index in [-0.39, 0.29) is 12.0 Å². The zero-order valence-corrected chi connectivity index (χ0v) is 12.7. The third-order valence-electron chi connectivity index (χ3n) is 2.86. The number of aromatic nitrogens is 3. The summed E-state index contributed by atoms with van der Waals surface area (Å²) in [5.41, 5.74) is -1.71. The topological polar surface area (TPSA) is 61.8 Å². The number of H-pyrrole nitrogens is 1. The Kier molecular flexibility index (Phi) is 4.72. The first kappa shape index (κ1) is 16.4. The highest BCUT2D eigenvalue weighted by atomic mass is 35.6. The van der Waals surface area contributed by atoms with Crippen LogP contribution in [0.2, 0.25) is 0 Å². The fourth-order valence-corrected chi connectivity index (χ4v) is 2.72. The highest BCUT2D eigenvalue weighted by Gasteiger charge is 2.40. The molecule has 1 aromatic carbocycles. The molecule has 0 amide bonds. The van der Waals surface area contributed by atoms with E-state index in [2.05, 4.69) is 15.4 Å². The quantitative estimate of drug-likeness (QED) is 0.827. The van der Waals surface area contributed by atoms with Gasteiger partial charge >= 0.3 is 0 Å². The second-order valence-corrected chi connectivity index (χ2v) is 7.10. The van der Waals surface area contributed by atoms with Crippen LogP contribution >= 0.6 is 34.8 Å². The van der Waals surface area contributed by atoms with Crippen LogP contribution < -0.4 is 0 Å². The van der Waals surface area contributed by atoms with Gasteiger partial charge in [0.1, 0.15) is 17.2 Å². The summed E-state index contributed by atoms with van der Waals surface area (Å²) in [6, 6.07) is 2.78. The van der Waals surface area contributed by atoms with Gasteiger partial charge in [-0.05, 0) is 6.07 Å². The molecule has 0 spiro atoms. The second kappa shape index (κ2) is 6.04. The van der Waals surface area contributed by atoms with Gasteiger partial charge in [-0.1, -0.05) is 40.9 Å². The Balaban J connectivity index is 2.44. The van der Waals surface area contributed by atoms with Crippen molar-refractivity contribution >= 4 is 34.8 Å². The second-order valence-electron chi connectivity index (χ2n) is 4.59. The van der Waals surface area contributed by atoms with Crippen LogP contribution in [0, 0.1) is 11.6 Å². The van der Waals surface area contributed by atoms with Gasteiger partial charge in [0, 0.05) is 24.5 Å². The SMILES string of the molecule is OC(Cc1cn[nH]n1)(CC(Cl)(Cl)Cl)c1ccc(F)cc1F. The average Bonchev–Trinajstić information content (AvgIpc) is 2.78. The lowest BCUT2D eigenvalue weighted by atomic mass is 9.86. The molecule has 0 saturated heterocycles. The normalized spacial score (nSPS) is 15.0. The van der Waals surface area contributed by atoms with Crippen LogP contribution in [-0.4, -0.2) is 24.3 Å². The van der Waals surface area contributed by atoms with E-state index in [4.69, 9.17) is 34.8 Å². The van der Waals surface area contributed by atoms with Gasteiger partial charge in [0.25, 0.3) is 0 Å². The molecule has 0 aliphatic heterocycles. The van der Waals surface area contributed by atoms with Crippen LogP contribution in [0.25, 0.3) is 0 Å². The number of hydrogen-bond acceptors (Lipinski definition) is 3. The first-order valence-corrected chi connectivity index (χ1v) is 6.92. The van der Waals surface area contributed by atoms with Crippen molar-refractivity contribution in [1.29, 1.82) is 0 Å². The van der Waals surface area contributed by atoms with Crippen molar-refractivity contribution in [3.63, 3.8) is 0 Å². The number of hydrogen-bond donors (Lipinski definition) is 2. The van der Waals surface area contributed by atoms with E-state index in [1.165, 1.54) is 6.20 Å². The third-order valence-corrected chi connectivity index (χ3v) is 3.26. The van der Waals surface area contributed by atoms with Crippen molar-refractivity contribution in [2.75, 3.05) is 0 Å². The van der Waals surface area contributed by atoms with Crippen LogP contribution in [0.4, 0.5) is 8.78 Å². The van der Waals surface area contributed by atoms with Crippen molar-refractivity contribution in [1.82, 2.24) is 15.4 Å². The minimum atomic E-state index is -1.88. The highest BCUT2D eigenvalue weighted by Crippen LogP contribution is 2.42. The lowest BCUT2D eigenvalue weighted by Gasteiger charge is -2.31. The molecular formula is C12H10Cl3F2N3O. The minimum absolute atomic E-state index is 0.153. The Hall–Kier alpha value is -0.950. The van der Waals surface area contributed by atoms with E-state index in [1.54, 1.807) is 0 Å². The van der Waals surface area contributed by atoms with E-state index in [1.807, 2.05) is 0 Å². The molecule has 0 aliphatic carbocycles. The summed E-state index contributed by atoms with van der Waals surface area (Å²) >= 11 is 17.2. The zero-order valence-electron chi connectivity index (χ0n) is 10.5. The molecule has 0 radical (unpaired) electrons. The summed E-state index contributed by atoms with van der Waals surface area (Å²) < 4.78 is 25.2. The van der Waals surface area contributed by atoms with Crippen LogP contribution in [-0.2, 0) is 12.0 Å². The number of aliphatic hydroxyl groups is 1. The molecule has 2 aromatic rings. The first-order chi connectivity index (χ1) is 9.70. The Morgan fingerprint density at radius 2 is 1.95 bits per heavy atom. The molecule has 9 heteroatoms. The van der Waals surface area contributed by atoms with E-state index < -0.39 is 27.4 Å². The van der Waals surface area contributed by atoms with Gasteiger partial charge in [-0.2, -0.15) is 15.4 Å². The average molecular weight is 357 g/mol. The predicted molar refractivity (Wildman–Crippen MR) is 75.2 cm³/mol. The smallest absolute Gasteiger partial charge is 0.193 e. The largest absolute Gasteiger partial charge is 0.384 e. The van der Waals surface area contributed by atoms with Crippen molar-refractivity contribution in [2.45, 2.75) is 22.2 Å². The fourth-order valence-electron chi connectivity index (χ4n) is 2.06. The maximum atomic E-state index is 14.0. The fraction of sp³-hybridized carbons (Fsp3) is 0.333. The Morgan fingerprint density at radius 3 is 2.48 bits per heavy atom. The van der Waals surface area contributed by atoms with Gasteiger partial charge in [-0.3, -0.25) is 0 Å². The Labute approximate surface area is 134 Å². The van der Waals surface area contributed by atoms with Crippen LogP contribution in [0.1, 0.15) is 17.7 Å². The van der Waals surface area contributed by atoms with E-state index in [0.717, 1.165) is 12.1 Å². The minimum Gasteiger partial charge on any atom is -0.384 e. The molecule has 1 unspecified atom stereocenters. The number of rotatable bonds is 4. The van der Waals surface area contributed by atoms with Gasteiger partial charge in [-0.15, -0.1) is 0 Å². The summed E-state index contributed by atoms with van der Waals surface area (Å²) in [4.78, 5) is 0. The molecule has 2 rings (SSSR count). The molecule has 0 saturated carbocycles. The number of halogens is 5. The summed E-state index contributed by atoms with van der Waals surface area (Å²) in [5.74, 6) is -1.70. The number of nitrogens with zero attached hydrogens (tertiary/aromatic N) is 2. The summed E-state index contributed by atoms with van der Waals surface area (Å²) in [7, 11) is 0. The molecule has 114 valence electrons. The van der Waals surface area contributed by atoms with Crippen molar-refractivity contribution in [3.05, 3.63) is 47.3 Å². The van der Waals surface area contributed by atoms with Gasteiger partial charge < -0.3 is 5.11 Å². The molecule has 0 aliphatic rings.